The van der Waals surface area contributed by atoms with Crippen molar-refractivity contribution in [2.45, 2.75) is 50.8 Å². The van der Waals surface area contributed by atoms with Crippen LogP contribution < -0.4 is 4.80 Å². The average molecular weight is 389 g/mol. The quantitative estimate of drug-likeness (QED) is 0.499. The molecule has 0 aliphatic carbocycles. The second-order valence-electron chi connectivity index (χ2n) is 6.23. The number of hydrogen-bond acceptors (Lipinski definition) is 6. The van der Waals surface area contributed by atoms with E-state index in [1.165, 1.54) is 35.5 Å². The Balaban J connectivity index is 2.91. The summed E-state index contributed by atoms with van der Waals surface area (Å²) in [4.78, 5) is 29.7. The van der Waals surface area contributed by atoms with Crippen LogP contribution in [0.15, 0.2) is 9.33 Å². The lowest BCUT2D eigenvalue weighted by atomic mass is 10.2. The molecule has 0 spiro atoms. The summed E-state index contributed by atoms with van der Waals surface area (Å²) in [6, 6.07) is -0.437. The molecule has 7 nitrogen and oxygen atoms in total. The number of nitrogens with zero attached hydrogens (tertiary/aromatic N) is 4. The summed E-state index contributed by atoms with van der Waals surface area (Å²) in [5.41, 5.74) is 0. The summed E-state index contributed by atoms with van der Waals surface area (Å²) < 4.78 is 7.01. The van der Waals surface area contributed by atoms with Gasteiger partial charge >= 0.3 is 12.1 Å². The van der Waals surface area contributed by atoms with Gasteiger partial charge in [0, 0.05) is 19.8 Å². The van der Waals surface area contributed by atoms with E-state index in [0.29, 0.717) is 10.9 Å². The third-order valence-corrected chi connectivity index (χ3v) is 5.18. The van der Waals surface area contributed by atoms with Crippen molar-refractivity contribution in [2.75, 3.05) is 26.5 Å². The van der Waals surface area contributed by atoms with Crippen LogP contribution >= 0.6 is 23.1 Å². The Bertz CT molecular complexity index is 623. The van der Waals surface area contributed by atoms with Crippen LogP contribution in [0.5, 0.6) is 0 Å². The fourth-order valence-corrected chi connectivity index (χ4v) is 3.66. The molecular formula is C16H28N4O3S2. The highest BCUT2D eigenvalue weighted by Gasteiger charge is 2.16. The molecule has 0 aromatic carbocycles. The second-order valence-corrected chi connectivity index (χ2v) is 8.53. The molecule has 0 saturated heterocycles. The van der Waals surface area contributed by atoms with Gasteiger partial charge in [-0.2, -0.15) is 4.99 Å². The number of thioether (sulfide) groups is 1. The number of ether oxygens (including phenoxy) is 1. The molecule has 2 amide bonds. The van der Waals surface area contributed by atoms with Crippen molar-refractivity contribution >= 4 is 35.2 Å². The van der Waals surface area contributed by atoms with Gasteiger partial charge < -0.3 is 9.64 Å². The van der Waals surface area contributed by atoms with Crippen LogP contribution in [0.4, 0.5) is 9.59 Å². The van der Waals surface area contributed by atoms with Crippen LogP contribution in [0, 0.1) is 5.92 Å². The molecule has 0 aliphatic rings. The highest BCUT2D eigenvalue weighted by atomic mass is 32.2. The van der Waals surface area contributed by atoms with Crippen LogP contribution in [-0.2, 0) is 4.74 Å². The molecule has 1 rings (SSSR count). The Morgan fingerprint density at radius 3 is 2.64 bits per heavy atom. The molecule has 1 aromatic rings. The molecule has 0 bridgehead atoms. The fraction of sp³-hybridized carbons (Fsp3) is 0.750. The van der Waals surface area contributed by atoms with E-state index in [0.717, 1.165) is 16.9 Å². The third-order valence-electron chi connectivity index (χ3n) is 3.05. The molecule has 25 heavy (non-hydrogen) atoms. The number of unbranched alkanes of at least 4 members (excludes halogenated alkanes) is 3. The molecule has 0 N–H and O–H groups in total. The van der Waals surface area contributed by atoms with Gasteiger partial charge in [0.05, 0.1) is 6.61 Å². The Hall–Kier alpha value is -1.35. The summed E-state index contributed by atoms with van der Waals surface area (Å²) in [6.45, 7) is 6.38. The van der Waals surface area contributed by atoms with Crippen molar-refractivity contribution in [1.29, 1.82) is 0 Å². The van der Waals surface area contributed by atoms with Gasteiger partial charge in [0.2, 0.25) is 4.80 Å². The first-order valence-corrected chi connectivity index (χ1v) is 10.3. The van der Waals surface area contributed by atoms with Crippen molar-refractivity contribution in [3.63, 3.8) is 0 Å². The van der Waals surface area contributed by atoms with Crippen LogP contribution in [0.1, 0.15) is 46.5 Å². The smallest absolute Gasteiger partial charge is 0.437 e. The first-order chi connectivity index (χ1) is 11.8. The van der Waals surface area contributed by atoms with Crippen molar-refractivity contribution in [3.8, 4) is 0 Å². The molecule has 0 fully saturated rings. The monoisotopic (exact) mass is 388 g/mol. The predicted molar refractivity (Wildman–Crippen MR) is 101 cm³/mol. The summed E-state index contributed by atoms with van der Waals surface area (Å²) in [7, 11) is 3.22. The molecule has 0 saturated carbocycles. The maximum Gasteiger partial charge on any atom is 0.437 e. The van der Waals surface area contributed by atoms with Gasteiger partial charge in [0.1, 0.15) is 0 Å². The Kier molecular flexibility index (Phi) is 9.81. The van der Waals surface area contributed by atoms with Gasteiger partial charge in [0.25, 0.3) is 0 Å². The minimum atomic E-state index is -0.604. The highest BCUT2D eigenvalue weighted by Crippen LogP contribution is 2.20. The minimum absolute atomic E-state index is 0.222. The fourth-order valence-electron chi connectivity index (χ4n) is 1.68. The molecule has 0 radical (unpaired) electrons. The third kappa shape index (κ3) is 8.04. The maximum atomic E-state index is 12.2. The Morgan fingerprint density at radius 2 is 2.04 bits per heavy atom. The van der Waals surface area contributed by atoms with E-state index < -0.39 is 12.1 Å². The second kappa shape index (κ2) is 11.3. The molecule has 1 heterocycles. The van der Waals surface area contributed by atoms with Crippen molar-refractivity contribution in [1.82, 2.24) is 14.7 Å². The topological polar surface area (TPSA) is 76.8 Å². The number of aromatic nitrogens is 2. The molecule has 0 unspecified atom stereocenters. The molecule has 0 atom stereocenters. The SMILES string of the molecule is CCCCCCSc1nn(C(=O)OCC(C)C)c(=NC(=O)N(C)C)s1. The lowest BCUT2D eigenvalue weighted by Crippen LogP contribution is -2.29. The van der Waals surface area contributed by atoms with Crippen molar-refractivity contribution in [3.05, 3.63) is 4.80 Å². The lowest BCUT2D eigenvalue weighted by molar-refractivity contribution is 0.130. The van der Waals surface area contributed by atoms with E-state index >= 15 is 0 Å². The van der Waals surface area contributed by atoms with Gasteiger partial charge in [-0.25, -0.2) is 9.59 Å². The van der Waals surface area contributed by atoms with Crippen molar-refractivity contribution in [2.24, 2.45) is 10.9 Å². The molecule has 9 heteroatoms. The molecule has 1 aromatic heterocycles. The normalized spacial score (nSPS) is 11.8. The number of urea groups is 1. The molecule has 0 aliphatic heterocycles. The lowest BCUT2D eigenvalue weighted by Gasteiger charge is -2.06. The number of amides is 2. The zero-order valence-electron chi connectivity index (χ0n) is 15.7. The van der Waals surface area contributed by atoms with E-state index in [9.17, 15) is 9.59 Å². The first-order valence-electron chi connectivity index (χ1n) is 8.51. The summed E-state index contributed by atoms with van der Waals surface area (Å²) in [6.07, 6.45) is 4.09. The Morgan fingerprint density at radius 1 is 1.32 bits per heavy atom. The van der Waals surface area contributed by atoms with Gasteiger partial charge in [-0.3, -0.25) is 0 Å². The summed E-state index contributed by atoms with van der Waals surface area (Å²) in [5.74, 6) is 1.15. The summed E-state index contributed by atoms with van der Waals surface area (Å²) >= 11 is 2.81. The van der Waals surface area contributed by atoms with Crippen LogP contribution in [0.2, 0.25) is 0 Å². The highest BCUT2D eigenvalue weighted by molar-refractivity contribution is 8.00. The van der Waals surface area contributed by atoms with E-state index in [4.69, 9.17) is 4.74 Å². The number of carbonyl (C=O) groups excluding carboxylic acids is 2. The number of carbonyl (C=O) groups is 2. The zero-order chi connectivity index (χ0) is 18.8. The van der Waals surface area contributed by atoms with Gasteiger partial charge in [-0.15, -0.1) is 9.78 Å². The molecular weight excluding hydrogens is 360 g/mol. The summed E-state index contributed by atoms with van der Waals surface area (Å²) in [5, 5.41) is 4.28. The van der Waals surface area contributed by atoms with E-state index in [1.807, 2.05) is 13.8 Å². The number of rotatable bonds is 8. The van der Waals surface area contributed by atoms with Crippen LogP contribution in [0.3, 0.4) is 0 Å². The van der Waals surface area contributed by atoms with Crippen molar-refractivity contribution < 1.29 is 14.3 Å². The van der Waals surface area contributed by atoms with E-state index in [2.05, 4.69) is 17.0 Å². The van der Waals surface area contributed by atoms with Crippen LogP contribution in [0.25, 0.3) is 0 Å². The first kappa shape index (κ1) is 21.7. The van der Waals surface area contributed by atoms with Crippen LogP contribution in [-0.4, -0.2) is 53.3 Å². The van der Waals surface area contributed by atoms with Gasteiger partial charge in [-0.1, -0.05) is 63.1 Å². The Labute approximate surface area is 157 Å². The van der Waals surface area contributed by atoms with Gasteiger partial charge in [0.15, 0.2) is 4.34 Å². The van der Waals surface area contributed by atoms with E-state index in [1.54, 1.807) is 25.9 Å². The maximum absolute atomic E-state index is 12.2. The standard InChI is InChI=1S/C16H28N4O3S2/c1-6-7-8-9-10-24-15-18-20(16(22)23-11-12(2)3)14(25-15)17-13(21)19(4)5/h12H,6-11H2,1-5H3. The largest absolute Gasteiger partial charge is 0.448 e. The minimum Gasteiger partial charge on any atom is -0.448 e. The molecule has 142 valence electrons. The van der Waals surface area contributed by atoms with E-state index in [-0.39, 0.29) is 10.7 Å². The number of hydrogen-bond donors (Lipinski definition) is 0. The average Bonchev–Trinajstić information content (AvgIpc) is 2.95. The predicted octanol–water partition coefficient (Wildman–Crippen LogP) is 3.84. The van der Waals surface area contributed by atoms with Gasteiger partial charge in [-0.05, 0) is 12.3 Å². The zero-order valence-corrected chi connectivity index (χ0v) is 17.3.